The van der Waals surface area contributed by atoms with Gasteiger partial charge in [0.2, 0.25) is 5.91 Å². The number of amides is 1. The standard InChI is InChI=1S/C24H39NO6.C24H36O5/c1-5-15(3)24(29)31-21-11-14(2)10-17-7-6-16(4)20(23(17)21)9-8-18(26)12-19(27)13-22(28)25-30;1-5-15(3)24(27)29-21-11-14(2)10-17-7-6-16(4)20(23(17)21)9-8-19-12-18(25)13-22(26)28-19/h6-7,10,14-16,18-21,23,26-27,30H,5,8-9,11-13H2,1-4H3,(H,25,28);6-7,10,14-16,18-21,23,25H,5,8-9,11-13H2,1-4H3/t2*14-,15?,16-,18+,19+,20-,21?,23-/m00/s1. The van der Waals surface area contributed by atoms with Gasteiger partial charge in [-0.15, -0.1) is 0 Å². The molecule has 0 radical (unpaired) electrons. The quantitative estimate of drug-likeness (QED) is 0.0453. The summed E-state index contributed by atoms with van der Waals surface area (Å²) in [4.78, 5) is 47.9. The summed E-state index contributed by atoms with van der Waals surface area (Å²) < 4.78 is 17.5. The zero-order chi connectivity index (χ0) is 44.3. The van der Waals surface area contributed by atoms with Crippen molar-refractivity contribution >= 4 is 23.8 Å². The van der Waals surface area contributed by atoms with Gasteiger partial charge >= 0.3 is 17.9 Å². The molecule has 0 bridgehead atoms. The lowest BCUT2D eigenvalue weighted by Crippen LogP contribution is -2.42. The normalized spacial score (nSPS) is 34.1. The fourth-order valence-electron chi connectivity index (χ4n) is 9.88. The summed E-state index contributed by atoms with van der Waals surface area (Å²) in [5.74, 6) is 0.725. The van der Waals surface area contributed by atoms with E-state index in [9.17, 15) is 34.5 Å². The first-order chi connectivity index (χ1) is 28.4. The summed E-state index contributed by atoms with van der Waals surface area (Å²) in [6, 6.07) is 0. The predicted octanol–water partition coefficient (Wildman–Crippen LogP) is 7.33. The van der Waals surface area contributed by atoms with E-state index in [0.29, 0.717) is 36.5 Å². The zero-order valence-corrected chi connectivity index (χ0v) is 37.3. The van der Waals surface area contributed by atoms with Crippen molar-refractivity contribution in [3.05, 3.63) is 47.6 Å². The third kappa shape index (κ3) is 13.8. The van der Waals surface area contributed by atoms with Gasteiger partial charge in [-0.05, 0) is 104 Å². The third-order valence-electron chi connectivity index (χ3n) is 13.7. The minimum atomic E-state index is -1.01. The second-order valence-electron chi connectivity index (χ2n) is 18.8. The number of rotatable bonds is 16. The molecular formula is C48H75NO11. The van der Waals surface area contributed by atoms with E-state index in [2.05, 4.69) is 64.2 Å². The van der Waals surface area contributed by atoms with Gasteiger partial charge in [-0.3, -0.25) is 24.4 Å². The van der Waals surface area contributed by atoms with E-state index >= 15 is 0 Å². The van der Waals surface area contributed by atoms with Gasteiger partial charge in [-0.1, -0.05) is 91.8 Å². The molecule has 0 saturated carbocycles. The van der Waals surface area contributed by atoms with Crippen molar-refractivity contribution in [2.45, 2.75) is 169 Å². The number of carbonyl (C=O) groups is 4. The number of ether oxygens (including phenoxy) is 3. The van der Waals surface area contributed by atoms with Crippen molar-refractivity contribution in [2.75, 3.05) is 0 Å². The largest absolute Gasteiger partial charge is 0.462 e. The van der Waals surface area contributed by atoms with Crippen molar-refractivity contribution in [3.8, 4) is 0 Å². The van der Waals surface area contributed by atoms with Crippen LogP contribution in [0.15, 0.2) is 47.6 Å². The molecule has 1 fully saturated rings. The highest BCUT2D eigenvalue weighted by Gasteiger charge is 2.43. The molecule has 1 aliphatic heterocycles. The van der Waals surface area contributed by atoms with Crippen molar-refractivity contribution in [1.82, 2.24) is 5.48 Å². The highest BCUT2D eigenvalue weighted by molar-refractivity contribution is 5.75. The first-order valence-corrected chi connectivity index (χ1v) is 22.8. The van der Waals surface area contributed by atoms with Gasteiger partial charge < -0.3 is 29.5 Å². The average Bonchev–Trinajstić information content (AvgIpc) is 3.19. The van der Waals surface area contributed by atoms with Crippen LogP contribution >= 0.6 is 0 Å². The number of hydrogen-bond acceptors (Lipinski definition) is 11. The van der Waals surface area contributed by atoms with Gasteiger partial charge in [0, 0.05) is 18.3 Å². The van der Waals surface area contributed by atoms with E-state index < -0.39 is 24.2 Å². The zero-order valence-electron chi connectivity index (χ0n) is 37.3. The second-order valence-corrected chi connectivity index (χ2v) is 18.8. The number of aliphatic hydroxyl groups excluding tert-OH is 3. The molecule has 1 saturated heterocycles. The van der Waals surface area contributed by atoms with Gasteiger partial charge in [-0.2, -0.15) is 0 Å². The Balaban J connectivity index is 0.000000265. The molecule has 12 nitrogen and oxygen atoms in total. The molecule has 16 atom stereocenters. The number of allylic oxidation sites excluding steroid dienone is 6. The van der Waals surface area contributed by atoms with Crippen LogP contribution in [0.5, 0.6) is 0 Å². The first-order valence-electron chi connectivity index (χ1n) is 22.8. The molecule has 5 aliphatic rings. The summed E-state index contributed by atoms with van der Waals surface area (Å²) >= 11 is 0. The topological polar surface area (TPSA) is 189 Å². The van der Waals surface area contributed by atoms with Gasteiger partial charge in [0.05, 0.1) is 43.0 Å². The van der Waals surface area contributed by atoms with E-state index in [1.165, 1.54) is 16.6 Å². The van der Waals surface area contributed by atoms with E-state index in [-0.39, 0.29) is 91.0 Å². The average molecular weight is 842 g/mol. The number of hydrogen-bond donors (Lipinski definition) is 5. The summed E-state index contributed by atoms with van der Waals surface area (Å²) in [5, 5.41) is 38.8. The molecule has 5 rings (SSSR count). The maximum absolute atomic E-state index is 12.5. The fourth-order valence-corrected chi connectivity index (χ4v) is 9.88. The van der Waals surface area contributed by atoms with Crippen LogP contribution in [0.1, 0.15) is 132 Å². The number of nitrogens with one attached hydrogen (secondary N) is 1. The molecular weight excluding hydrogens is 767 g/mol. The number of carbonyl (C=O) groups excluding carboxylic acids is 4. The number of esters is 3. The number of cyclic esters (lactones) is 1. The van der Waals surface area contributed by atoms with Crippen LogP contribution in [-0.4, -0.2) is 81.0 Å². The van der Waals surface area contributed by atoms with Gasteiger partial charge in [0.15, 0.2) is 0 Å². The second kappa shape index (κ2) is 23.2. The summed E-state index contributed by atoms with van der Waals surface area (Å²) in [7, 11) is 0. The molecule has 4 unspecified atom stereocenters. The molecule has 0 aromatic rings. The lowest BCUT2D eigenvalue weighted by atomic mass is 9.65. The van der Waals surface area contributed by atoms with Crippen LogP contribution in [0.4, 0.5) is 0 Å². The van der Waals surface area contributed by atoms with Crippen LogP contribution in [0.3, 0.4) is 0 Å². The summed E-state index contributed by atoms with van der Waals surface area (Å²) in [6.07, 6.45) is 16.9. The Morgan fingerprint density at radius 1 is 0.783 bits per heavy atom. The third-order valence-corrected chi connectivity index (χ3v) is 13.7. The molecule has 338 valence electrons. The molecule has 0 aromatic carbocycles. The van der Waals surface area contributed by atoms with Gasteiger partial charge in [0.1, 0.15) is 18.3 Å². The summed E-state index contributed by atoms with van der Waals surface area (Å²) in [6.45, 7) is 16.5. The number of aliphatic hydroxyl groups is 3. The molecule has 12 heteroatoms. The van der Waals surface area contributed by atoms with Crippen LogP contribution in [-0.2, 0) is 33.4 Å². The van der Waals surface area contributed by atoms with Crippen LogP contribution in [0.25, 0.3) is 0 Å². The Kier molecular flexibility index (Phi) is 19.1. The van der Waals surface area contributed by atoms with Crippen molar-refractivity contribution < 1.29 is 53.9 Å². The minimum absolute atomic E-state index is 0.0706. The Morgan fingerprint density at radius 3 is 1.75 bits per heavy atom. The summed E-state index contributed by atoms with van der Waals surface area (Å²) in [5.41, 5.74) is 3.97. The smallest absolute Gasteiger partial charge is 0.308 e. The molecule has 4 aliphatic carbocycles. The highest BCUT2D eigenvalue weighted by Crippen LogP contribution is 2.47. The van der Waals surface area contributed by atoms with Gasteiger partial charge in [-0.25, -0.2) is 5.48 Å². The Morgan fingerprint density at radius 2 is 1.28 bits per heavy atom. The van der Waals surface area contributed by atoms with Gasteiger partial charge in [0.25, 0.3) is 0 Å². The molecule has 5 N–H and O–H groups in total. The Bertz CT molecular complexity index is 1570. The van der Waals surface area contributed by atoms with E-state index in [1.807, 2.05) is 27.7 Å². The maximum Gasteiger partial charge on any atom is 0.308 e. The van der Waals surface area contributed by atoms with Crippen LogP contribution in [0.2, 0.25) is 0 Å². The van der Waals surface area contributed by atoms with Crippen molar-refractivity contribution in [3.63, 3.8) is 0 Å². The fraction of sp³-hybridized carbons (Fsp3) is 0.750. The van der Waals surface area contributed by atoms with Crippen molar-refractivity contribution in [2.24, 2.45) is 59.2 Å². The van der Waals surface area contributed by atoms with Crippen molar-refractivity contribution in [1.29, 1.82) is 0 Å². The van der Waals surface area contributed by atoms with Crippen LogP contribution in [0, 0.1) is 59.2 Å². The van der Waals surface area contributed by atoms with E-state index in [0.717, 1.165) is 44.9 Å². The monoisotopic (exact) mass is 842 g/mol. The molecule has 1 amide bonds. The number of hydroxylamine groups is 1. The SMILES string of the molecule is CCC(C)C(=O)OC1C[C@@H](C)C=C2C=C[C@H](C)[C@H](CC[C@@H](O)C[C@@H](O)CC(=O)NO)[C@H]21.CCC(C)C(=O)OC1C[C@@H](C)C=C2C=C[C@H](C)[C@H](CC[C@@H]3C[C@@H](O)CC(=O)O3)[C@H]21. The highest BCUT2D eigenvalue weighted by atomic mass is 16.6. The van der Waals surface area contributed by atoms with E-state index in [1.54, 1.807) is 0 Å². The predicted molar refractivity (Wildman–Crippen MR) is 228 cm³/mol. The minimum Gasteiger partial charge on any atom is -0.462 e. The first kappa shape index (κ1) is 49.3. The lowest BCUT2D eigenvalue weighted by molar-refractivity contribution is -0.162. The lowest BCUT2D eigenvalue weighted by Gasteiger charge is -2.43. The molecule has 0 aromatic heterocycles. The molecule has 60 heavy (non-hydrogen) atoms. The Hall–Kier alpha value is -3.32. The van der Waals surface area contributed by atoms with Crippen LogP contribution < -0.4 is 5.48 Å². The molecule has 0 spiro atoms. The number of fused-ring (bicyclic) bond motifs is 2. The van der Waals surface area contributed by atoms with E-state index in [4.69, 9.17) is 19.4 Å². The Labute approximate surface area is 358 Å². The molecule has 1 heterocycles. The maximum atomic E-state index is 12.5.